The van der Waals surface area contributed by atoms with E-state index in [0.717, 1.165) is 13.0 Å². The van der Waals surface area contributed by atoms with Gasteiger partial charge in [0.05, 0.1) is 6.61 Å². The van der Waals surface area contributed by atoms with Gasteiger partial charge in [0.2, 0.25) is 0 Å². The van der Waals surface area contributed by atoms with Crippen molar-refractivity contribution in [3.63, 3.8) is 0 Å². The minimum atomic E-state index is -1.71. The van der Waals surface area contributed by atoms with E-state index in [1.54, 1.807) is 0 Å². The Labute approximate surface area is 143 Å². The molecule has 1 aliphatic rings. The average Bonchev–Trinajstić information content (AvgIpc) is 2.98. The summed E-state index contributed by atoms with van der Waals surface area (Å²) in [6.45, 7) is 12.3. The van der Waals surface area contributed by atoms with Gasteiger partial charge in [-0.25, -0.2) is 0 Å². The molecule has 1 saturated carbocycles. The first-order valence-corrected chi connectivity index (χ1v) is 11.8. The summed E-state index contributed by atoms with van der Waals surface area (Å²) in [5.74, 6) is 0. The molecule has 0 unspecified atom stereocenters. The fourth-order valence-corrected chi connectivity index (χ4v) is 3.60. The van der Waals surface area contributed by atoms with Crippen molar-refractivity contribution in [3.05, 3.63) is 52.8 Å². The van der Waals surface area contributed by atoms with E-state index in [2.05, 4.69) is 69.9 Å². The van der Waals surface area contributed by atoms with Gasteiger partial charge in [-0.15, -0.1) is 5.73 Å². The number of hydrogen-bond donors (Lipinski definition) is 0. The summed E-state index contributed by atoms with van der Waals surface area (Å²) in [4.78, 5) is 0. The van der Waals surface area contributed by atoms with E-state index in [4.69, 9.17) is 4.43 Å². The first kappa shape index (κ1) is 18.3. The summed E-state index contributed by atoms with van der Waals surface area (Å²) in [6.07, 6.45) is 6.05. The maximum Gasteiger partial charge on any atom is 0.192 e. The van der Waals surface area contributed by atoms with Crippen LogP contribution < -0.4 is 0 Å². The Morgan fingerprint density at radius 3 is 2.26 bits per heavy atom. The smallest absolute Gasteiger partial charge is 0.192 e. The molecule has 1 aromatic carbocycles. The predicted octanol–water partition coefficient (Wildman–Crippen LogP) is 6.28. The van der Waals surface area contributed by atoms with E-state index in [-0.39, 0.29) is 5.04 Å². The van der Waals surface area contributed by atoms with Crippen molar-refractivity contribution in [1.29, 1.82) is 0 Å². The van der Waals surface area contributed by atoms with Crippen LogP contribution in [0.1, 0.15) is 52.0 Å². The maximum atomic E-state index is 6.46. The molecule has 23 heavy (non-hydrogen) atoms. The number of benzene rings is 1. The highest BCUT2D eigenvalue weighted by Crippen LogP contribution is 2.37. The molecule has 0 bridgehead atoms. The summed E-state index contributed by atoms with van der Waals surface area (Å²) < 4.78 is 6.46. The molecular formula is C21H32OSi. The summed E-state index contributed by atoms with van der Waals surface area (Å²) in [6, 6.07) is 10.7. The fraction of sp³-hybridized carbons (Fsp3) is 0.571. The van der Waals surface area contributed by atoms with E-state index in [9.17, 15) is 0 Å². The van der Waals surface area contributed by atoms with Crippen LogP contribution in [0, 0.1) is 0 Å². The first-order chi connectivity index (χ1) is 10.8. The van der Waals surface area contributed by atoms with Gasteiger partial charge in [0.1, 0.15) is 0 Å². The molecule has 1 fully saturated rings. The molecule has 2 rings (SSSR count). The highest BCUT2D eigenvalue weighted by molar-refractivity contribution is 6.74. The van der Waals surface area contributed by atoms with Crippen LogP contribution in [-0.4, -0.2) is 14.9 Å². The molecule has 0 aromatic heterocycles. The molecule has 0 atom stereocenters. The van der Waals surface area contributed by atoms with E-state index < -0.39 is 8.32 Å². The Kier molecular flexibility index (Phi) is 6.08. The van der Waals surface area contributed by atoms with Crippen LogP contribution >= 0.6 is 0 Å². The van der Waals surface area contributed by atoms with Gasteiger partial charge in [0, 0.05) is 12.0 Å². The molecule has 0 spiro atoms. The molecule has 1 aliphatic carbocycles. The Bertz CT molecular complexity index is 564. The monoisotopic (exact) mass is 328 g/mol. The largest absolute Gasteiger partial charge is 0.412 e. The lowest BCUT2D eigenvalue weighted by Gasteiger charge is -2.36. The third-order valence-electron chi connectivity index (χ3n) is 5.23. The van der Waals surface area contributed by atoms with Crippen molar-refractivity contribution < 1.29 is 4.43 Å². The van der Waals surface area contributed by atoms with Crippen molar-refractivity contribution in [3.8, 4) is 0 Å². The molecule has 1 nitrogen and oxygen atoms in total. The van der Waals surface area contributed by atoms with Crippen LogP contribution in [0.2, 0.25) is 18.1 Å². The summed E-state index contributed by atoms with van der Waals surface area (Å²) in [5.41, 5.74) is 7.89. The molecular weight excluding hydrogens is 296 g/mol. The maximum absolute atomic E-state index is 6.46. The van der Waals surface area contributed by atoms with Gasteiger partial charge in [-0.2, -0.15) is 0 Å². The van der Waals surface area contributed by atoms with Crippen LogP contribution in [0.25, 0.3) is 0 Å². The topological polar surface area (TPSA) is 9.23 Å². The molecule has 0 N–H and O–H groups in total. The standard InChI is InChI=1S/C21H32OSi/c1-21(2,3)23(4,5)22-17-20(16-19-13-9-10-14-19)15-18-11-7-6-8-12-18/h6-8,11-12H,9-10,13-15,17H2,1-5H3. The highest BCUT2D eigenvalue weighted by Gasteiger charge is 2.37. The third kappa shape index (κ3) is 5.49. The van der Waals surface area contributed by atoms with Gasteiger partial charge in [0.15, 0.2) is 8.32 Å². The van der Waals surface area contributed by atoms with E-state index in [1.165, 1.54) is 42.4 Å². The van der Waals surface area contributed by atoms with Gasteiger partial charge in [-0.05, 0) is 55.0 Å². The van der Waals surface area contributed by atoms with Gasteiger partial charge >= 0.3 is 0 Å². The number of hydrogen-bond acceptors (Lipinski definition) is 1. The van der Waals surface area contributed by atoms with Crippen LogP contribution in [0.5, 0.6) is 0 Å². The minimum Gasteiger partial charge on any atom is -0.412 e. The molecule has 2 heteroatoms. The normalized spacial score (nSPS) is 15.6. The fourth-order valence-electron chi connectivity index (χ4n) is 2.63. The quantitative estimate of drug-likeness (QED) is 0.457. The summed E-state index contributed by atoms with van der Waals surface area (Å²) in [7, 11) is -1.71. The van der Waals surface area contributed by atoms with Gasteiger partial charge < -0.3 is 4.43 Å². The zero-order chi connectivity index (χ0) is 16.9. The van der Waals surface area contributed by atoms with Crippen LogP contribution in [0.3, 0.4) is 0 Å². The van der Waals surface area contributed by atoms with Crippen LogP contribution in [0.15, 0.2) is 47.2 Å². The Morgan fingerprint density at radius 2 is 1.70 bits per heavy atom. The van der Waals surface area contributed by atoms with Crippen molar-refractivity contribution in [1.82, 2.24) is 0 Å². The van der Waals surface area contributed by atoms with E-state index >= 15 is 0 Å². The lowest BCUT2D eigenvalue weighted by Crippen LogP contribution is -2.41. The Hall–Kier alpha value is -1.08. The molecule has 126 valence electrons. The molecule has 1 aromatic rings. The van der Waals surface area contributed by atoms with Gasteiger partial charge in [-0.1, -0.05) is 51.1 Å². The van der Waals surface area contributed by atoms with Gasteiger partial charge in [-0.3, -0.25) is 0 Å². The Morgan fingerprint density at radius 1 is 1.09 bits per heavy atom. The predicted molar refractivity (Wildman–Crippen MR) is 102 cm³/mol. The lowest BCUT2D eigenvalue weighted by molar-refractivity contribution is 0.316. The van der Waals surface area contributed by atoms with Crippen LogP contribution in [0.4, 0.5) is 0 Å². The number of rotatable bonds is 5. The van der Waals surface area contributed by atoms with Crippen molar-refractivity contribution in [2.75, 3.05) is 6.61 Å². The third-order valence-corrected chi connectivity index (χ3v) is 9.71. The first-order valence-electron chi connectivity index (χ1n) is 8.92. The molecule has 0 heterocycles. The highest BCUT2D eigenvalue weighted by atomic mass is 28.4. The minimum absolute atomic E-state index is 0.255. The van der Waals surface area contributed by atoms with Crippen LogP contribution in [-0.2, 0) is 10.8 Å². The van der Waals surface area contributed by atoms with Crippen molar-refractivity contribution in [2.45, 2.75) is 71.0 Å². The second kappa shape index (κ2) is 7.66. The summed E-state index contributed by atoms with van der Waals surface area (Å²) >= 11 is 0. The zero-order valence-electron chi connectivity index (χ0n) is 15.5. The lowest BCUT2D eigenvalue weighted by atomic mass is 10.1. The van der Waals surface area contributed by atoms with Gasteiger partial charge in [0.25, 0.3) is 0 Å². The molecule has 0 radical (unpaired) electrons. The SMILES string of the molecule is CC(C)(C)[Si](C)(C)OCC(=C=C1CCCC1)Cc1ccccc1. The van der Waals surface area contributed by atoms with Crippen molar-refractivity contribution in [2.24, 2.45) is 0 Å². The average molecular weight is 329 g/mol. The zero-order valence-corrected chi connectivity index (χ0v) is 16.5. The second-order valence-corrected chi connectivity index (χ2v) is 13.1. The molecule has 0 aliphatic heterocycles. The van der Waals surface area contributed by atoms with E-state index in [1.807, 2.05) is 0 Å². The summed E-state index contributed by atoms with van der Waals surface area (Å²) in [5, 5.41) is 0.255. The molecule has 0 saturated heterocycles. The Balaban J connectivity index is 2.16. The van der Waals surface area contributed by atoms with Crippen molar-refractivity contribution >= 4 is 8.32 Å². The molecule has 0 amide bonds. The van der Waals surface area contributed by atoms with E-state index in [0.29, 0.717) is 0 Å². The second-order valence-electron chi connectivity index (χ2n) is 8.25.